The maximum absolute atomic E-state index is 11.5. The molecule has 7 nitrogen and oxygen atoms in total. The minimum Gasteiger partial charge on any atom is -0.465 e. The molecule has 16 heavy (non-hydrogen) atoms. The number of hydrogen-bond donors (Lipinski definition) is 3. The maximum Gasteiger partial charge on any atom is 0.407 e. The second-order valence-electron chi connectivity index (χ2n) is 3.71. The first-order chi connectivity index (χ1) is 7.50. The van der Waals surface area contributed by atoms with Crippen LogP contribution in [0.5, 0.6) is 0 Å². The highest BCUT2D eigenvalue weighted by atomic mass is 16.4. The molecule has 1 fully saturated rings. The van der Waals surface area contributed by atoms with Crippen LogP contribution in [0.3, 0.4) is 0 Å². The topological polar surface area (TPSA) is 98.7 Å². The standard InChI is InChI=1S/C9H15N3O4/c1-6(13)10-11-8(14)7-2-4-12(5-3-7)9(15)16/h7H,2-5H2,1H3,(H,10,13)(H,11,14)(H,15,16). The number of hydrogen-bond acceptors (Lipinski definition) is 3. The van der Waals surface area contributed by atoms with E-state index in [2.05, 4.69) is 10.9 Å². The highest BCUT2D eigenvalue weighted by Crippen LogP contribution is 2.16. The summed E-state index contributed by atoms with van der Waals surface area (Å²) in [5, 5.41) is 8.71. The molecule has 90 valence electrons. The fourth-order valence-corrected chi connectivity index (χ4v) is 1.58. The van der Waals surface area contributed by atoms with E-state index < -0.39 is 6.09 Å². The summed E-state index contributed by atoms with van der Waals surface area (Å²) < 4.78 is 0. The van der Waals surface area contributed by atoms with E-state index in [1.54, 1.807) is 0 Å². The van der Waals surface area contributed by atoms with Gasteiger partial charge in [-0.25, -0.2) is 4.79 Å². The van der Waals surface area contributed by atoms with Crippen LogP contribution < -0.4 is 10.9 Å². The summed E-state index contributed by atoms with van der Waals surface area (Å²) in [6.07, 6.45) is 0.0100. The Balaban J connectivity index is 2.33. The molecular formula is C9H15N3O4. The summed E-state index contributed by atoms with van der Waals surface area (Å²) in [7, 11) is 0. The van der Waals surface area contributed by atoms with Gasteiger partial charge in [0.15, 0.2) is 0 Å². The van der Waals surface area contributed by atoms with E-state index in [0.29, 0.717) is 25.9 Å². The van der Waals surface area contributed by atoms with Gasteiger partial charge in [-0.3, -0.25) is 20.4 Å². The molecule has 0 aliphatic carbocycles. The number of carbonyl (C=O) groups excluding carboxylic acids is 2. The molecule has 1 rings (SSSR count). The minimum atomic E-state index is -0.958. The molecule has 1 heterocycles. The molecule has 0 aromatic carbocycles. The van der Waals surface area contributed by atoms with Gasteiger partial charge in [0.2, 0.25) is 11.8 Å². The molecule has 3 amide bonds. The van der Waals surface area contributed by atoms with Crippen molar-refractivity contribution in [3.05, 3.63) is 0 Å². The zero-order valence-electron chi connectivity index (χ0n) is 9.02. The number of nitrogens with one attached hydrogen (secondary N) is 2. The number of carboxylic acid groups (broad SMARTS) is 1. The molecule has 0 unspecified atom stereocenters. The summed E-state index contributed by atoms with van der Waals surface area (Å²) in [5.74, 6) is -0.834. The Kier molecular flexibility index (Phi) is 4.10. The molecule has 1 aliphatic heterocycles. The van der Waals surface area contributed by atoms with Crippen molar-refractivity contribution in [3.8, 4) is 0 Å². The Morgan fingerprint density at radius 2 is 1.75 bits per heavy atom. The van der Waals surface area contributed by atoms with E-state index in [1.807, 2.05) is 0 Å². The average Bonchev–Trinajstić information content (AvgIpc) is 2.26. The van der Waals surface area contributed by atoms with E-state index in [4.69, 9.17) is 5.11 Å². The van der Waals surface area contributed by atoms with Crippen molar-refractivity contribution < 1.29 is 19.5 Å². The van der Waals surface area contributed by atoms with Crippen molar-refractivity contribution in [2.75, 3.05) is 13.1 Å². The van der Waals surface area contributed by atoms with Crippen LogP contribution in [0.25, 0.3) is 0 Å². The van der Waals surface area contributed by atoms with Gasteiger partial charge in [0.25, 0.3) is 0 Å². The summed E-state index contributed by atoms with van der Waals surface area (Å²) in [4.78, 5) is 33.9. The van der Waals surface area contributed by atoms with Crippen LogP contribution in [0.2, 0.25) is 0 Å². The van der Waals surface area contributed by atoms with E-state index in [1.165, 1.54) is 11.8 Å². The molecule has 0 aromatic rings. The molecule has 1 aliphatic rings. The molecule has 0 bridgehead atoms. The van der Waals surface area contributed by atoms with Crippen LogP contribution in [-0.4, -0.2) is 41.0 Å². The molecule has 0 atom stereocenters. The largest absolute Gasteiger partial charge is 0.465 e. The lowest BCUT2D eigenvalue weighted by molar-refractivity contribution is -0.131. The number of nitrogens with zero attached hydrogens (tertiary/aromatic N) is 1. The Bertz CT molecular complexity index is 297. The molecule has 3 N–H and O–H groups in total. The number of hydrazine groups is 1. The number of piperidine rings is 1. The Labute approximate surface area is 92.8 Å². The van der Waals surface area contributed by atoms with Gasteiger partial charge in [-0.15, -0.1) is 0 Å². The van der Waals surface area contributed by atoms with Gasteiger partial charge in [0.05, 0.1) is 0 Å². The predicted octanol–water partition coefficient (Wildman–Crippen LogP) is -0.456. The van der Waals surface area contributed by atoms with E-state index in [-0.39, 0.29) is 17.7 Å². The number of carbonyl (C=O) groups is 3. The van der Waals surface area contributed by atoms with Gasteiger partial charge in [-0.2, -0.15) is 0 Å². The van der Waals surface area contributed by atoms with Gasteiger partial charge in [-0.1, -0.05) is 0 Å². The second-order valence-corrected chi connectivity index (χ2v) is 3.71. The molecule has 0 spiro atoms. The van der Waals surface area contributed by atoms with Crippen molar-refractivity contribution in [1.29, 1.82) is 0 Å². The highest BCUT2D eigenvalue weighted by molar-refractivity contribution is 5.82. The van der Waals surface area contributed by atoms with Crippen LogP contribution >= 0.6 is 0 Å². The third kappa shape index (κ3) is 3.41. The second kappa shape index (κ2) is 5.34. The first-order valence-electron chi connectivity index (χ1n) is 5.05. The quantitative estimate of drug-likeness (QED) is 0.530. The lowest BCUT2D eigenvalue weighted by Crippen LogP contribution is -2.47. The molecule has 1 saturated heterocycles. The lowest BCUT2D eigenvalue weighted by atomic mass is 9.96. The van der Waals surface area contributed by atoms with E-state index in [0.717, 1.165) is 0 Å². The summed E-state index contributed by atoms with van der Waals surface area (Å²) in [6.45, 7) is 2.01. The minimum absolute atomic E-state index is 0.234. The number of likely N-dealkylation sites (tertiary alicyclic amines) is 1. The van der Waals surface area contributed by atoms with Gasteiger partial charge < -0.3 is 10.0 Å². The van der Waals surface area contributed by atoms with Crippen molar-refractivity contribution >= 4 is 17.9 Å². The smallest absolute Gasteiger partial charge is 0.407 e. The van der Waals surface area contributed by atoms with E-state index >= 15 is 0 Å². The number of rotatable bonds is 1. The Morgan fingerprint density at radius 1 is 1.19 bits per heavy atom. The van der Waals surface area contributed by atoms with Gasteiger partial charge in [0.1, 0.15) is 0 Å². The van der Waals surface area contributed by atoms with Gasteiger partial charge in [-0.05, 0) is 12.8 Å². The summed E-state index contributed by atoms with van der Waals surface area (Å²) in [6, 6.07) is 0. The molecule has 0 aromatic heterocycles. The van der Waals surface area contributed by atoms with Crippen molar-refractivity contribution in [2.45, 2.75) is 19.8 Å². The van der Waals surface area contributed by atoms with Crippen LogP contribution in [-0.2, 0) is 9.59 Å². The Morgan fingerprint density at radius 3 is 2.19 bits per heavy atom. The fourth-order valence-electron chi connectivity index (χ4n) is 1.58. The van der Waals surface area contributed by atoms with Crippen LogP contribution in [0.4, 0.5) is 4.79 Å². The predicted molar refractivity (Wildman–Crippen MR) is 54.3 cm³/mol. The SMILES string of the molecule is CC(=O)NNC(=O)C1CCN(C(=O)O)CC1. The van der Waals surface area contributed by atoms with Crippen molar-refractivity contribution in [2.24, 2.45) is 5.92 Å². The maximum atomic E-state index is 11.5. The van der Waals surface area contributed by atoms with Crippen LogP contribution in [0.15, 0.2) is 0 Å². The first-order valence-corrected chi connectivity index (χ1v) is 5.05. The monoisotopic (exact) mass is 229 g/mol. The third-order valence-corrected chi connectivity index (χ3v) is 2.50. The highest BCUT2D eigenvalue weighted by Gasteiger charge is 2.26. The Hall–Kier alpha value is -1.79. The molecule has 7 heteroatoms. The third-order valence-electron chi connectivity index (χ3n) is 2.50. The van der Waals surface area contributed by atoms with Gasteiger partial charge in [0, 0.05) is 25.9 Å². The van der Waals surface area contributed by atoms with Crippen LogP contribution in [0, 0.1) is 5.92 Å². The lowest BCUT2D eigenvalue weighted by Gasteiger charge is -2.29. The van der Waals surface area contributed by atoms with Gasteiger partial charge >= 0.3 is 6.09 Å². The van der Waals surface area contributed by atoms with E-state index in [9.17, 15) is 14.4 Å². The molecule has 0 saturated carbocycles. The van der Waals surface area contributed by atoms with Crippen molar-refractivity contribution in [3.63, 3.8) is 0 Å². The van der Waals surface area contributed by atoms with Crippen LogP contribution in [0.1, 0.15) is 19.8 Å². The molecular weight excluding hydrogens is 214 g/mol. The summed E-state index contributed by atoms with van der Waals surface area (Å²) in [5.41, 5.74) is 4.50. The zero-order chi connectivity index (χ0) is 12.1. The normalized spacial score (nSPS) is 16.7. The zero-order valence-corrected chi connectivity index (χ0v) is 9.02. The number of amides is 3. The fraction of sp³-hybridized carbons (Fsp3) is 0.667. The van der Waals surface area contributed by atoms with Crippen molar-refractivity contribution in [1.82, 2.24) is 15.8 Å². The molecule has 0 radical (unpaired) electrons. The summed E-state index contributed by atoms with van der Waals surface area (Å²) >= 11 is 0. The first kappa shape index (κ1) is 12.3. The average molecular weight is 229 g/mol.